The van der Waals surface area contributed by atoms with Crippen LogP contribution in [0, 0.1) is 0 Å². The summed E-state index contributed by atoms with van der Waals surface area (Å²) >= 11 is 0. The van der Waals surface area contributed by atoms with Crippen molar-refractivity contribution in [3.05, 3.63) is 42.0 Å². The molecule has 0 bridgehead atoms. The molecule has 0 aliphatic carbocycles. The van der Waals surface area contributed by atoms with E-state index in [1.807, 2.05) is 0 Å². The minimum Gasteiger partial charge on any atom is -0.507 e. The highest BCUT2D eigenvalue weighted by atomic mass is 32.2. The highest BCUT2D eigenvalue weighted by Crippen LogP contribution is 2.34. The maximum atomic E-state index is 12.2. The number of phenols is 2. The van der Waals surface area contributed by atoms with Gasteiger partial charge in [-0.1, -0.05) is 6.07 Å². The van der Waals surface area contributed by atoms with Gasteiger partial charge in [0, 0.05) is 24.7 Å². The van der Waals surface area contributed by atoms with Gasteiger partial charge in [-0.05, 0) is 18.2 Å². The van der Waals surface area contributed by atoms with Crippen LogP contribution < -0.4 is 10.1 Å². The van der Waals surface area contributed by atoms with Gasteiger partial charge in [0.05, 0.1) is 10.5 Å². The van der Waals surface area contributed by atoms with E-state index >= 15 is 0 Å². The molecule has 0 unspecified atom stereocenters. The first-order valence-electron chi connectivity index (χ1n) is 6.71. The molecule has 0 aliphatic heterocycles. The third-order valence-corrected chi connectivity index (χ3v) is 3.82. The van der Waals surface area contributed by atoms with Crippen LogP contribution in [0.1, 0.15) is 17.3 Å². The number of amides is 1. The molecule has 0 aromatic heterocycles. The summed E-state index contributed by atoms with van der Waals surface area (Å²) in [6, 6.07) is 6.56. The van der Waals surface area contributed by atoms with Crippen molar-refractivity contribution in [2.45, 2.75) is 11.8 Å². The van der Waals surface area contributed by atoms with Gasteiger partial charge in [0.25, 0.3) is 16.0 Å². The molecule has 132 valence electrons. The van der Waals surface area contributed by atoms with Gasteiger partial charge in [-0.2, -0.15) is 8.42 Å². The van der Waals surface area contributed by atoms with Crippen molar-refractivity contribution in [1.82, 2.24) is 0 Å². The number of esters is 1. The molecule has 0 heterocycles. The van der Waals surface area contributed by atoms with E-state index in [0.717, 1.165) is 31.2 Å². The van der Waals surface area contributed by atoms with E-state index in [4.69, 9.17) is 4.55 Å². The Hall–Kier alpha value is -3.11. The average Bonchev–Trinajstić information content (AvgIpc) is 2.49. The van der Waals surface area contributed by atoms with E-state index in [2.05, 4.69) is 10.1 Å². The van der Waals surface area contributed by atoms with Gasteiger partial charge < -0.3 is 20.3 Å². The first-order valence-corrected chi connectivity index (χ1v) is 8.15. The topological polar surface area (TPSA) is 150 Å². The zero-order valence-corrected chi connectivity index (χ0v) is 13.6. The Bertz CT molecular complexity index is 952. The van der Waals surface area contributed by atoms with Crippen molar-refractivity contribution < 1.29 is 37.5 Å². The molecule has 0 fully saturated rings. The Morgan fingerprint density at radius 2 is 1.76 bits per heavy atom. The lowest BCUT2D eigenvalue weighted by molar-refractivity contribution is -0.132. The van der Waals surface area contributed by atoms with Crippen LogP contribution in [0.5, 0.6) is 17.2 Å². The van der Waals surface area contributed by atoms with Crippen LogP contribution in [0.2, 0.25) is 0 Å². The number of benzene rings is 2. The number of ether oxygens (including phenoxy) is 1. The molecule has 25 heavy (non-hydrogen) atoms. The number of phenolic OH excluding ortho intramolecular Hbond substituents is 2. The van der Waals surface area contributed by atoms with Crippen molar-refractivity contribution in [3.63, 3.8) is 0 Å². The summed E-state index contributed by atoms with van der Waals surface area (Å²) in [6.45, 7) is 1.10. The SMILES string of the molecule is CC(=O)Oc1cc(O)c(C(=O)Nc2cccc(S(=O)(=O)O)c2)cc1O. The van der Waals surface area contributed by atoms with Crippen molar-refractivity contribution in [3.8, 4) is 17.2 Å². The lowest BCUT2D eigenvalue weighted by Gasteiger charge is -2.10. The third-order valence-electron chi connectivity index (χ3n) is 2.97. The number of carbonyl (C=O) groups is 2. The molecule has 4 N–H and O–H groups in total. The molecule has 9 nitrogen and oxygen atoms in total. The Labute approximate surface area is 142 Å². The predicted octanol–water partition coefficient (Wildman–Crippen LogP) is 1.52. The summed E-state index contributed by atoms with van der Waals surface area (Å²) in [6.07, 6.45) is 0. The fourth-order valence-corrected chi connectivity index (χ4v) is 2.44. The number of carbonyl (C=O) groups excluding carboxylic acids is 2. The minimum absolute atomic E-state index is 0.0306. The van der Waals surface area contributed by atoms with Crippen LogP contribution >= 0.6 is 0 Å². The molecule has 2 aromatic rings. The summed E-state index contributed by atoms with van der Waals surface area (Å²) < 4.78 is 35.8. The first kappa shape index (κ1) is 18.2. The minimum atomic E-state index is -4.45. The Morgan fingerprint density at radius 3 is 2.36 bits per heavy atom. The number of rotatable bonds is 4. The Kier molecular flexibility index (Phi) is 4.95. The molecular formula is C15H13NO8S. The van der Waals surface area contributed by atoms with Gasteiger partial charge in [0.2, 0.25) is 0 Å². The van der Waals surface area contributed by atoms with E-state index < -0.39 is 38.4 Å². The van der Waals surface area contributed by atoms with Gasteiger partial charge in [-0.25, -0.2) is 0 Å². The number of anilines is 1. The predicted molar refractivity (Wildman–Crippen MR) is 85.3 cm³/mol. The van der Waals surface area contributed by atoms with Crippen molar-refractivity contribution in [2.75, 3.05) is 5.32 Å². The molecular weight excluding hydrogens is 354 g/mol. The van der Waals surface area contributed by atoms with Gasteiger partial charge in [-0.3, -0.25) is 14.1 Å². The third kappa shape index (κ3) is 4.46. The zero-order valence-electron chi connectivity index (χ0n) is 12.8. The molecule has 2 aromatic carbocycles. The highest BCUT2D eigenvalue weighted by Gasteiger charge is 2.18. The molecule has 10 heteroatoms. The first-order chi connectivity index (χ1) is 11.6. The summed E-state index contributed by atoms with van der Waals surface area (Å²) in [4.78, 5) is 22.6. The fraction of sp³-hybridized carbons (Fsp3) is 0.0667. The molecule has 1 amide bonds. The monoisotopic (exact) mass is 367 g/mol. The average molecular weight is 367 g/mol. The van der Waals surface area contributed by atoms with Gasteiger partial charge in [-0.15, -0.1) is 0 Å². The van der Waals surface area contributed by atoms with Gasteiger partial charge in [0.15, 0.2) is 11.5 Å². The largest absolute Gasteiger partial charge is 0.507 e. The van der Waals surface area contributed by atoms with Crippen molar-refractivity contribution in [1.29, 1.82) is 0 Å². The molecule has 0 spiro atoms. The number of hydrogen-bond donors (Lipinski definition) is 4. The maximum Gasteiger partial charge on any atom is 0.308 e. The smallest absolute Gasteiger partial charge is 0.308 e. The fourth-order valence-electron chi connectivity index (χ4n) is 1.91. The maximum absolute atomic E-state index is 12.2. The normalized spacial score (nSPS) is 11.0. The second-order valence-corrected chi connectivity index (χ2v) is 6.31. The van der Waals surface area contributed by atoms with E-state index in [9.17, 15) is 28.2 Å². The lowest BCUT2D eigenvalue weighted by Crippen LogP contribution is -2.13. The standard InChI is InChI=1S/C15H13NO8S/c1-8(17)24-14-7-12(18)11(6-13(14)19)15(20)16-9-3-2-4-10(5-9)25(21,22)23/h2-7,18-19H,1H3,(H,16,20)(H,21,22,23). The van der Waals surface area contributed by atoms with E-state index in [0.29, 0.717) is 0 Å². The van der Waals surface area contributed by atoms with Gasteiger partial charge in [0.1, 0.15) is 5.75 Å². The highest BCUT2D eigenvalue weighted by molar-refractivity contribution is 7.85. The number of aromatic hydroxyl groups is 2. The van der Waals surface area contributed by atoms with E-state index in [-0.39, 0.29) is 17.0 Å². The zero-order chi connectivity index (χ0) is 18.8. The summed E-state index contributed by atoms with van der Waals surface area (Å²) in [5.41, 5.74) is -0.311. The molecule has 0 radical (unpaired) electrons. The van der Waals surface area contributed by atoms with Gasteiger partial charge >= 0.3 is 5.97 Å². The number of hydrogen-bond acceptors (Lipinski definition) is 7. The van der Waals surface area contributed by atoms with Crippen molar-refractivity contribution >= 4 is 27.7 Å². The molecule has 0 aliphatic rings. The second kappa shape index (κ2) is 6.79. The Morgan fingerprint density at radius 1 is 1.08 bits per heavy atom. The van der Waals surface area contributed by atoms with Crippen LogP contribution in [-0.4, -0.2) is 35.1 Å². The van der Waals surface area contributed by atoms with E-state index in [1.165, 1.54) is 12.1 Å². The van der Waals surface area contributed by atoms with Crippen LogP contribution in [0.3, 0.4) is 0 Å². The van der Waals surface area contributed by atoms with Crippen LogP contribution in [0.25, 0.3) is 0 Å². The molecule has 0 atom stereocenters. The summed E-state index contributed by atoms with van der Waals surface area (Å²) in [5.74, 6) is -3.04. The Balaban J connectivity index is 2.30. The summed E-state index contributed by atoms with van der Waals surface area (Å²) in [5, 5.41) is 21.9. The van der Waals surface area contributed by atoms with Crippen molar-refractivity contribution in [2.24, 2.45) is 0 Å². The summed E-state index contributed by atoms with van der Waals surface area (Å²) in [7, 11) is -4.45. The quantitative estimate of drug-likeness (QED) is 0.275. The molecule has 0 saturated carbocycles. The molecule has 0 saturated heterocycles. The van der Waals surface area contributed by atoms with Crippen LogP contribution in [0.4, 0.5) is 5.69 Å². The lowest BCUT2D eigenvalue weighted by atomic mass is 10.1. The molecule has 2 rings (SSSR count). The van der Waals surface area contributed by atoms with Crippen LogP contribution in [-0.2, 0) is 14.9 Å². The number of nitrogens with one attached hydrogen (secondary N) is 1. The van der Waals surface area contributed by atoms with Crippen LogP contribution in [0.15, 0.2) is 41.3 Å². The van der Waals surface area contributed by atoms with E-state index in [1.54, 1.807) is 0 Å². The second-order valence-electron chi connectivity index (χ2n) is 4.89.